The van der Waals surface area contributed by atoms with Crippen LogP contribution in [0.25, 0.3) is 22.6 Å². The molecule has 0 radical (unpaired) electrons. The number of methoxy groups -OCH3 is 1. The molecular weight excluding hydrogens is 366 g/mol. The van der Waals surface area contributed by atoms with Crippen LogP contribution in [0.5, 0.6) is 5.75 Å². The van der Waals surface area contributed by atoms with Crippen molar-refractivity contribution in [3.05, 3.63) is 77.9 Å². The Hall–Kier alpha value is -3.74. The highest BCUT2D eigenvalue weighted by Gasteiger charge is 2.13. The van der Waals surface area contributed by atoms with Gasteiger partial charge in [0, 0.05) is 22.9 Å². The molecule has 0 spiro atoms. The number of anilines is 1. The van der Waals surface area contributed by atoms with E-state index in [9.17, 15) is 13.6 Å². The molecule has 28 heavy (non-hydrogen) atoms. The Morgan fingerprint density at radius 2 is 1.89 bits per heavy atom. The molecule has 0 saturated carbocycles. The SMILES string of the molecule is COc1cccc(-c2nc3ccc(NC(=O)c4ccc(F)c(F)c4)cc3o2)c1. The minimum Gasteiger partial charge on any atom is -0.497 e. The summed E-state index contributed by atoms with van der Waals surface area (Å²) in [5.41, 5.74) is 2.29. The van der Waals surface area contributed by atoms with Crippen LogP contribution in [0.1, 0.15) is 10.4 Å². The molecule has 1 aromatic heterocycles. The van der Waals surface area contributed by atoms with Crippen molar-refractivity contribution < 1.29 is 22.7 Å². The maximum Gasteiger partial charge on any atom is 0.255 e. The molecule has 1 heterocycles. The average Bonchev–Trinajstić information content (AvgIpc) is 3.13. The van der Waals surface area contributed by atoms with Gasteiger partial charge in [-0.15, -0.1) is 0 Å². The zero-order chi connectivity index (χ0) is 19.7. The zero-order valence-corrected chi connectivity index (χ0v) is 14.7. The van der Waals surface area contributed by atoms with E-state index in [4.69, 9.17) is 9.15 Å². The molecule has 0 aliphatic carbocycles. The highest BCUT2D eigenvalue weighted by atomic mass is 19.2. The maximum atomic E-state index is 13.3. The molecule has 0 aliphatic rings. The second-order valence-electron chi connectivity index (χ2n) is 6.02. The first-order valence-corrected chi connectivity index (χ1v) is 8.35. The Bertz CT molecular complexity index is 1190. The van der Waals surface area contributed by atoms with Crippen molar-refractivity contribution in [1.82, 2.24) is 4.98 Å². The summed E-state index contributed by atoms with van der Waals surface area (Å²) in [5.74, 6) is -1.56. The summed E-state index contributed by atoms with van der Waals surface area (Å²) in [6, 6.07) is 15.2. The number of fused-ring (bicyclic) bond motifs is 1. The van der Waals surface area contributed by atoms with Crippen LogP contribution in [0.15, 0.2) is 65.1 Å². The Morgan fingerprint density at radius 3 is 2.68 bits per heavy atom. The van der Waals surface area contributed by atoms with Gasteiger partial charge in [0.05, 0.1) is 7.11 Å². The fraction of sp³-hybridized carbons (Fsp3) is 0.0476. The minimum atomic E-state index is -1.08. The van der Waals surface area contributed by atoms with E-state index in [1.165, 1.54) is 6.07 Å². The number of carbonyl (C=O) groups excluding carboxylic acids is 1. The highest BCUT2D eigenvalue weighted by Crippen LogP contribution is 2.28. The third-order valence-electron chi connectivity index (χ3n) is 4.14. The average molecular weight is 380 g/mol. The Labute approximate surface area is 158 Å². The van der Waals surface area contributed by atoms with Crippen LogP contribution in [0.3, 0.4) is 0 Å². The second-order valence-corrected chi connectivity index (χ2v) is 6.02. The smallest absolute Gasteiger partial charge is 0.255 e. The summed E-state index contributed by atoms with van der Waals surface area (Å²) in [7, 11) is 1.58. The summed E-state index contributed by atoms with van der Waals surface area (Å²) in [4.78, 5) is 16.7. The van der Waals surface area contributed by atoms with Crippen LogP contribution in [0.2, 0.25) is 0 Å². The summed E-state index contributed by atoms with van der Waals surface area (Å²) < 4.78 is 37.3. The molecule has 7 heteroatoms. The summed E-state index contributed by atoms with van der Waals surface area (Å²) >= 11 is 0. The van der Waals surface area contributed by atoms with Gasteiger partial charge in [0.2, 0.25) is 5.89 Å². The van der Waals surface area contributed by atoms with Gasteiger partial charge in [-0.25, -0.2) is 13.8 Å². The van der Waals surface area contributed by atoms with Crippen molar-refractivity contribution in [3.8, 4) is 17.2 Å². The first kappa shape index (κ1) is 17.7. The number of carbonyl (C=O) groups is 1. The normalized spacial score (nSPS) is 10.8. The third kappa shape index (κ3) is 3.42. The minimum absolute atomic E-state index is 0.00800. The Kier molecular flexibility index (Phi) is 4.49. The molecule has 1 amide bonds. The molecule has 0 aliphatic heterocycles. The van der Waals surface area contributed by atoms with Crippen molar-refractivity contribution in [2.45, 2.75) is 0 Å². The topological polar surface area (TPSA) is 64.4 Å². The van der Waals surface area contributed by atoms with Crippen LogP contribution < -0.4 is 10.1 Å². The molecule has 3 aromatic carbocycles. The van der Waals surface area contributed by atoms with Gasteiger partial charge < -0.3 is 14.5 Å². The number of hydrogen-bond donors (Lipinski definition) is 1. The number of hydrogen-bond acceptors (Lipinski definition) is 4. The van der Waals surface area contributed by atoms with Gasteiger partial charge in [-0.3, -0.25) is 4.79 Å². The molecule has 4 aromatic rings. The number of ether oxygens (including phenoxy) is 1. The maximum absolute atomic E-state index is 13.3. The van der Waals surface area contributed by atoms with E-state index < -0.39 is 17.5 Å². The van der Waals surface area contributed by atoms with Crippen molar-refractivity contribution >= 4 is 22.7 Å². The van der Waals surface area contributed by atoms with Crippen LogP contribution in [-0.4, -0.2) is 18.0 Å². The van der Waals surface area contributed by atoms with E-state index in [1.54, 1.807) is 31.4 Å². The first-order valence-electron chi connectivity index (χ1n) is 8.35. The van der Waals surface area contributed by atoms with Crippen molar-refractivity contribution in [2.75, 3.05) is 12.4 Å². The van der Waals surface area contributed by atoms with Gasteiger partial charge >= 0.3 is 0 Å². The van der Waals surface area contributed by atoms with Gasteiger partial charge in [-0.1, -0.05) is 6.07 Å². The summed E-state index contributed by atoms with van der Waals surface area (Å²) in [6.07, 6.45) is 0. The zero-order valence-electron chi connectivity index (χ0n) is 14.7. The van der Waals surface area contributed by atoms with E-state index in [2.05, 4.69) is 10.3 Å². The molecule has 0 bridgehead atoms. The Morgan fingerprint density at radius 1 is 1.04 bits per heavy atom. The van der Waals surface area contributed by atoms with Crippen LogP contribution in [-0.2, 0) is 0 Å². The standard InChI is InChI=1S/C21H14F2N2O3/c1-27-15-4-2-3-13(9-15)21-25-18-8-6-14(11-19(18)28-21)24-20(26)12-5-7-16(22)17(23)10-12/h2-11H,1H3,(H,24,26). The highest BCUT2D eigenvalue weighted by molar-refractivity contribution is 6.04. The predicted octanol–water partition coefficient (Wildman–Crippen LogP) is 5.03. The summed E-state index contributed by atoms with van der Waals surface area (Å²) in [5, 5.41) is 2.63. The van der Waals surface area contributed by atoms with E-state index in [1.807, 2.05) is 18.2 Å². The lowest BCUT2D eigenvalue weighted by Crippen LogP contribution is -2.12. The van der Waals surface area contributed by atoms with E-state index in [0.717, 1.165) is 17.7 Å². The Balaban J connectivity index is 1.60. The number of rotatable bonds is 4. The second kappa shape index (κ2) is 7.11. The number of aromatic nitrogens is 1. The number of halogens is 2. The van der Waals surface area contributed by atoms with E-state index in [-0.39, 0.29) is 5.56 Å². The van der Waals surface area contributed by atoms with Crippen LogP contribution in [0.4, 0.5) is 14.5 Å². The molecule has 1 N–H and O–H groups in total. The number of oxazole rings is 1. The molecule has 0 fully saturated rings. The molecular formula is C21H14F2N2O3. The van der Waals surface area contributed by atoms with Gasteiger partial charge in [0.15, 0.2) is 17.2 Å². The number of amides is 1. The molecule has 140 valence electrons. The van der Waals surface area contributed by atoms with Gasteiger partial charge in [0.25, 0.3) is 5.91 Å². The quantitative estimate of drug-likeness (QED) is 0.539. The fourth-order valence-electron chi connectivity index (χ4n) is 2.72. The largest absolute Gasteiger partial charge is 0.497 e. The van der Waals surface area contributed by atoms with Crippen molar-refractivity contribution in [2.24, 2.45) is 0 Å². The van der Waals surface area contributed by atoms with Crippen molar-refractivity contribution in [1.29, 1.82) is 0 Å². The third-order valence-corrected chi connectivity index (χ3v) is 4.14. The van der Waals surface area contributed by atoms with Gasteiger partial charge in [0.1, 0.15) is 11.3 Å². The van der Waals surface area contributed by atoms with E-state index in [0.29, 0.717) is 28.4 Å². The molecule has 0 saturated heterocycles. The molecule has 0 atom stereocenters. The van der Waals surface area contributed by atoms with Crippen LogP contribution in [0, 0.1) is 11.6 Å². The van der Waals surface area contributed by atoms with Crippen LogP contribution >= 0.6 is 0 Å². The lowest BCUT2D eigenvalue weighted by Gasteiger charge is -2.05. The molecule has 0 unspecified atom stereocenters. The first-order chi connectivity index (χ1) is 13.5. The molecule has 4 rings (SSSR count). The van der Waals surface area contributed by atoms with Gasteiger partial charge in [-0.05, 0) is 48.5 Å². The van der Waals surface area contributed by atoms with Crippen molar-refractivity contribution in [3.63, 3.8) is 0 Å². The lowest BCUT2D eigenvalue weighted by atomic mass is 10.2. The predicted molar refractivity (Wildman–Crippen MR) is 100 cm³/mol. The number of benzene rings is 3. The number of nitrogens with zero attached hydrogens (tertiary/aromatic N) is 1. The van der Waals surface area contributed by atoms with E-state index >= 15 is 0 Å². The lowest BCUT2D eigenvalue weighted by molar-refractivity contribution is 0.102. The monoisotopic (exact) mass is 380 g/mol. The molecule has 5 nitrogen and oxygen atoms in total. The summed E-state index contributed by atoms with van der Waals surface area (Å²) in [6.45, 7) is 0. The fourth-order valence-corrected chi connectivity index (χ4v) is 2.72. The number of nitrogens with one attached hydrogen (secondary N) is 1. The van der Waals surface area contributed by atoms with Gasteiger partial charge in [-0.2, -0.15) is 0 Å².